The Balaban J connectivity index is 0.994. The summed E-state index contributed by atoms with van der Waals surface area (Å²) in [4.78, 5) is 14.0. The minimum atomic E-state index is -0.951. The number of carbonyl (C=O) groups excluding carboxylic acids is 1. The highest BCUT2D eigenvalue weighted by Gasteiger charge is 2.68. The molecule has 1 unspecified atom stereocenters. The second kappa shape index (κ2) is 14.3. The molecular formula is C40H58O12. The Labute approximate surface area is 306 Å². The Morgan fingerprint density at radius 3 is 2.37 bits per heavy atom. The number of rotatable bonds is 4. The molecule has 0 aromatic heterocycles. The van der Waals surface area contributed by atoms with Crippen molar-refractivity contribution in [2.24, 2.45) is 11.8 Å². The Hall–Kier alpha value is -1.29. The fourth-order valence-electron chi connectivity index (χ4n) is 11.3. The van der Waals surface area contributed by atoms with Crippen molar-refractivity contribution in [1.82, 2.24) is 0 Å². The molecule has 12 heteroatoms. The van der Waals surface area contributed by atoms with Gasteiger partial charge in [0.15, 0.2) is 5.79 Å². The van der Waals surface area contributed by atoms with Crippen molar-refractivity contribution in [3.8, 4) is 0 Å². The highest BCUT2D eigenvalue weighted by atomic mass is 16.8. The van der Waals surface area contributed by atoms with Crippen molar-refractivity contribution in [2.75, 3.05) is 13.7 Å². The quantitative estimate of drug-likeness (QED) is 0.410. The van der Waals surface area contributed by atoms with E-state index >= 15 is 0 Å². The standard InChI is InChI=1S/C40H58O12/c1-19-11-24-5-7-28-20(2)12-26(45-28)9-10-40-17-33-36(51-40)37-38(50-33)39(52-40)35-29(49-37)8-6-25(47-35)13-22(42)14-27-31(16-30(46-24)21(19)3)48-32(34(27)44-4)15-23(43)18-41/h19,23-39,41,43H,2-3,5-18H2,1,4H3/t19-,23+,24-,25-,26+,27+,28+,29+,30-,31+,32-,33-,34-,35+,36-,37+,38-,39+,40?/m1/s1. The van der Waals surface area contributed by atoms with Crippen LogP contribution in [0.2, 0.25) is 0 Å². The van der Waals surface area contributed by atoms with Crippen molar-refractivity contribution < 1.29 is 57.6 Å². The molecule has 19 atom stereocenters. The summed E-state index contributed by atoms with van der Waals surface area (Å²) in [6, 6.07) is 0. The summed E-state index contributed by atoms with van der Waals surface area (Å²) in [6.45, 7) is 10.7. The molecule has 290 valence electrons. The number of carbonyl (C=O) groups is 1. The van der Waals surface area contributed by atoms with Crippen LogP contribution in [0.25, 0.3) is 0 Å². The zero-order valence-electron chi connectivity index (χ0n) is 30.7. The van der Waals surface area contributed by atoms with Gasteiger partial charge in [-0.15, -0.1) is 0 Å². The van der Waals surface area contributed by atoms with Crippen molar-refractivity contribution >= 4 is 5.78 Å². The molecule has 12 nitrogen and oxygen atoms in total. The number of hydrogen-bond donors (Lipinski definition) is 2. The monoisotopic (exact) mass is 730 g/mol. The van der Waals surface area contributed by atoms with Crippen molar-refractivity contribution in [2.45, 2.75) is 194 Å². The third-order valence-corrected chi connectivity index (χ3v) is 13.9. The first kappa shape index (κ1) is 36.4. The van der Waals surface area contributed by atoms with Gasteiger partial charge in [0.1, 0.15) is 36.3 Å². The van der Waals surface area contributed by atoms with Gasteiger partial charge in [-0.25, -0.2) is 0 Å². The normalized spacial score (nSPS) is 52.4. The predicted octanol–water partition coefficient (Wildman–Crippen LogP) is 3.47. The number of hydrogen-bond acceptors (Lipinski definition) is 12. The maximum Gasteiger partial charge on any atom is 0.172 e. The second-order valence-electron chi connectivity index (χ2n) is 17.4. The minimum absolute atomic E-state index is 0.0260. The molecule has 12 bridgehead atoms. The van der Waals surface area contributed by atoms with Gasteiger partial charge in [0.25, 0.3) is 0 Å². The van der Waals surface area contributed by atoms with Crippen LogP contribution in [-0.2, 0) is 47.4 Å². The number of methoxy groups -OCH3 is 1. The predicted molar refractivity (Wildman–Crippen MR) is 184 cm³/mol. The average Bonchev–Trinajstić information content (AvgIpc) is 3.79. The zero-order chi connectivity index (χ0) is 35.9. The third kappa shape index (κ3) is 6.59. The lowest BCUT2D eigenvalue weighted by Crippen LogP contribution is -2.61. The maximum atomic E-state index is 14.0. The molecule has 10 saturated heterocycles. The van der Waals surface area contributed by atoms with E-state index in [1.165, 1.54) is 0 Å². The van der Waals surface area contributed by atoms with Gasteiger partial charge in [0, 0.05) is 51.6 Å². The topological polar surface area (TPSA) is 141 Å². The molecule has 1 spiro atoms. The van der Waals surface area contributed by atoms with E-state index in [4.69, 9.17) is 42.6 Å². The summed E-state index contributed by atoms with van der Waals surface area (Å²) in [5.74, 6) is -0.709. The molecule has 10 rings (SSSR count). The van der Waals surface area contributed by atoms with Crippen LogP contribution in [0.1, 0.15) is 90.4 Å². The van der Waals surface area contributed by atoms with Gasteiger partial charge in [-0.2, -0.15) is 0 Å². The highest BCUT2D eigenvalue weighted by Crippen LogP contribution is 2.54. The average molecular weight is 731 g/mol. The fraction of sp³-hybridized carbons (Fsp3) is 0.875. The Bertz CT molecular complexity index is 1370. The van der Waals surface area contributed by atoms with Crippen molar-refractivity contribution in [3.05, 3.63) is 24.3 Å². The Morgan fingerprint density at radius 2 is 1.54 bits per heavy atom. The smallest absolute Gasteiger partial charge is 0.172 e. The molecule has 10 aliphatic heterocycles. The van der Waals surface area contributed by atoms with Gasteiger partial charge in [-0.05, 0) is 62.0 Å². The Morgan fingerprint density at radius 1 is 0.788 bits per heavy atom. The number of aliphatic hydroxyl groups is 2. The lowest BCUT2D eigenvalue weighted by molar-refractivity contribution is -0.292. The number of fused-ring (bicyclic) bond motifs is 6. The first-order valence-corrected chi connectivity index (χ1v) is 20.1. The molecule has 10 fully saturated rings. The van der Waals surface area contributed by atoms with Gasteiger partial charge in [0.05, 0.1) is 73.8 Å². The van der Waals surface area contributed by atoms with Crippen LogP contribution < -0.4 is 0 Å². The lowest BCUT2D eigenvalue weighted by atomic mass is 9.81. The largest absolute Gasteiger partial charge is 0.394 e. The lowest BCUT2D eigenvalue weighted by Gasteiger charge is -2.47. The second-order valence-corrected chi connectivity index (χ2v) is 17.4. The molecule has 0 aliphatic carbocycles. The number of Topliss-reactive ketones (excluding diaryl/α,β-unsaturated/α-hetero) is 1. The van der Waals surface area contributed by atoms with Crippen molar-refractivity contribution in [1.29, 1.82) is 0 Å². The summed E-state index contributed by atoms with van der Waals surface area (Å²) in [5, 5.41) is 20.1. The molecule has 0 saturated carbocycles. The summed E-state index contributed by atoms with van der Waals surface area (Å²) in [6.07, 6.45) is 4.01. The zero-order valence-corrected chi connectivity index (χ0v) is 30.7. The molecule has 0 radical (unpaired) electrons. The van der Waals surface area contributed by atoms with E-state index in [0.29, 0.717) is 25.7 Å². The number of ketones is 1. The van der Waals surface area contributed by atoms with E-state index in [2.05, 4.69) is 20.1 Å². The van der Waals surface area contributed by atoms with Gasteiger partial charge in [-0.3, -0.25) is 4.79 Å². The number of ether oxygens (including phenoxy) is 9. The molecule has 0 amide bonds. The molecule has 10 heterocycles. The van der Waals surface area contributed by atoms with E-state index < -0.39 is 24.1 Å². The van der Waals surface area contributed by atoms with E-state index in [0.717, 1.165) is 49.7 Å². The van der Waals surface area contributed by atoms with E-state index in [1.54, 1.807) is 7.11 Å². The van der Waals surface area contributed by atoms with E-state index in [1.807, 2.05) is 0 Å². The van der Waals surface area contributed by atoms with E-state index in [-0.39, 0.29) is 123 Å². The summed E-state index contributed by atoms with van der Waals surface area (Å²) < 4.78 is 59.8. The maximum absolute atomic E-state index is 14.0. The van der Waals surface area contributed by atoms with E-state index in [9.17, 15) is 15.0 Å². The van der Waals surface area contributed by atoms with Gasteiger partial charge in [-0.1, -0.05) is 20.1 Å². The molecule has 0 aromatic carbocycles. The summed E-state index contributed by atoms with van der Waals surface area (Å²) in [7, 11) is 1.63. The first-order chi connectivity index (χ1) is 25.1. The fourth-order valence-corrected chi connectivity index (χ4v) is 11.3. The van der Waals surface area contributed by atoms with Gasteiger partial charge < -0.3 is 52.8 Å². The third-order valence-electron chi connectivity index (χ3n) is 13.9. The van der Waals surface area contributed by atoms with Gasteiger partial charge >= 0.3 is 0 Å². The molecule has 10 aliphatic rings. The molecule has 52 heavy (non-hydrogen) atoms. The summed E-state index contributed by atoms with van der Waals surface area (Å²) >= 11 is 0. The Kier molecular flexibility index (Phi) is 10.0. The summed E-state index contributed by atoms with van der Waals surface area (Å²) in [5.41, 5.74) is 2.17. The van der Waals surface area contributed by atoms with Crippen LogP contribution in [0.3, 0.4) is 0 Å². The molecular weight excluding hydrogens is 672 g/mol. The highest BCUT2D eigenvalue weighted by molar-refractivity contribution is 5.79. The first-order valence-electron chi connectivity index (χ1n) is 20.1. The van der Waals surface area contributed by atoms with Crippen LogP contribution in [-0.4, -0.2) is 133 Å². The van der Waals surface area contributed by atoms with Crippen LogP contribution in [0.4, 0.5) is 0 Å². The minimum Gasteiger partial charge on any atom is -0.394 e. The van der Waals surface area contributed by atoms with Crippen LogP contribution in [0, 0.1) is 11.8 Å². The number of aliphatic hydroxyl groups excluding tert-OH is 2. The van der Waals surface area contributed by atoms with Gasteiger partial charge in [0.2, 0.25) is 0 Å². The molecule has 0 aromatic rings. The van der Waals surface area contributed by atoms with Crippen LogP contribution in [0.15, 0.2) is 24.3 Å². The van der Waals surface area contributed by atoms with Crippen LogP contribution >= 0.6 is 0 Å². The molecule has 2 N–H and O–H groups in total. The van der Waals surface area contributed by atoms with Crippen LogP contribution in [0.5, 0.6) is 0 Å². The van der Waals surface area contributed by atoms with Crippen molar-refractivity contribution in [3.63, 3.8) is 0 Å². The SMILES string of the molecule is C=C1C[C@@H]2CCC34C[C@H]5O[C@H]6[C@@H](O3)[C@H]3O[C@H](CC[C@@H]3O[C@H]6[C@@H]5O4)CC(=O)C[C@@H]3[C@@H](OC)[C@@H](C[C@H](O)CO)O[C@H]3C[C@H]3O[C@H](CC[C@@H]1O2)C[C@@H](C)C3=C.